The quantitative estimate of drug-likeness (QED) is 0.776. The number of likely N-dealkylation sites (tertiary alicyclic amines) is 1. The Kier molecular flexibility index (Phi) is 5.91. The van der Waals surface area contributed by atoms with E-state index in [9.17, 15) is 14.4 Å². The molecular weight excluding hydrogens is 332 g/mol. The topological polar surface area (TPSA) is 66.9 Å². The van der Waals surface area contributed by atoms with E-state index in [-0.39, 0.29) is 23.7 Å². The second kappa shape index (κ2) is 8.34. The van der Waals surface area contributed by atoms with Gasteiger partial charge in [0.05, 0.1) is 12.5 Å². The predicted octanol–water partition coefficient (Wildman–Crippen LogP) is 2.62. The van der Waals surface area contributed by atoms with E-state index in [0.29, 0.717) is 31.7 Å². The van der Waals surface area contributed by atoms with E-state index in [1.165, 1.54) is 0 Å². The summed E-state index contributed by atoms with van der Waals surface area (Å²) in [6.45, 7) is 3.95. The smallest absolute Gasteiger partial charge is 0.310 e. The third-order valence-corrected chi connectivity index (χ3v) is 5.08. The summed E-state index contributed by atoms with van der Waals surface area (Å²) < 4.78 is 5.09. The van der Waals surface area contributed by atoms with Crippen molar-refractivity contribution in [1.82, 2.24) is 4.90 Å². The summed E-state index contributed by atoms with van der Waals surface area (Å²) in [4.78, 5) is 40.3. The van der Waals surface area contributed by atoms with Crippen molar-refractivity contribution in [2.75, 3.05) is 31.1 Å². The van der Waals surface area contributed by atoms with Crippen LogP contribution in [0.2, 0.25) is 0 Å². The zero-order valence-electron chi connectivity index (χ0n) is 15.3. The molecule has 1 unspecified atom stereocenters. The van der Waals surface area contributed by atoms with E-state index in [0.717, 1.165) is 37.9 Å². The number of carbonyl (C=O) groups excluding carboxylic acids is 3. The largest absolute Gasteiger partial charge is 0.466 e. The summed E-state index contributed by atoms with van der Waals surface area (Å²) >= 11 is 0. The molecule has 6 nitrogen and oxygen atoms in total. The molecule has 26 heavy (non-hydrogen) atoms. The van der Waals surface area contributed by atoms with Crippen LogP contribution >= 0.6 is 0 Å². The van der Waals surface area contributed by atoms with Gasteiger partial charge in [0.25, 0.3) is 5.91 Å². The summed E-state index contributed by atoms with van der Waals surface area (Å²) in [7, 11) is 0. The van der Waals surface area contributed by atoms with Gasteiger partial charge in [0.15, 0.2) is 0 Å². The third-order valence-electron chi connectivity index (χ3n) is 5.08. The minimum atomic E-state index is -0.238. The molecule has 2 aliphatic rings. The zero-order chi connectivity index (χ0) is 18.5. The van der Waals surface area contributed by atoms with Crippen molar-refractivity contribution in [2.45, 2.75) is 39.0 Å². The van der Waals surface area contributed by atoms with E-state index >= 15 is 0 Å². The lowest BCUT2D eigenvalue weighted by Crippen LogP contribution is -2.42. The van der Waals surface area contributed by atoms with Gasteiger partial charge in [-0.05, 0) is 56.9 Å². The molecule has 2 aliphatic heterocycles. The van der Waals surface area contributed by atoms with Gasteiger partial charge in [-0.3, -0.25) is 14.4 Å². The van der Waals surface area contributed by atoms with E-state index in [1.807, 2.05) is 12.1 Å². The van der Waals surface area contributed by atoms with Crippen molar-refractivity contribution in [2.24, 2.45) is 5.92 Å². The number of ether oxygens (including phenoxy) is 1. The minimum Gasteiger partial charge on any atom is -0.466 e. The van der Waals surface area contributed by atoms with Crippen molar-refractivity contribution in [3.63, 3.8) is 0 Å². The molecule has 1 aromatic rings. The van der Waals surface area contributed by atoms with Crippen molar-refractivity contribution in [1.29, 1.82) is 0 Å². The van der Waals surface area contributed by atoms with E-state index in [1.54, 1.807) is 28.9 Å². The van der Waals surface area contributed by atoms with E-state index < -0.39 is 0 Å². The first-order valence-electron chi connectivity index (χ1n) is 9.46. The van der Waals surface area contributed by atoms with Gasteiger partial charge in [0.2, 0.25) is 5.91 Å². The summed E-state index contributed by atoms with van der Waals surface area (Å²) in [6, 6.07) is 7.22. The summed E-state index contributed by atoms with van der Waals surface area (Å²) in [5, 5.41) is 0. The van der Waals surface area contributed by atoms with Crippen LogP contribution in [0.5, 0.6) is 0 Å². The molecule has 0 radical (unpaired) electrons. The van der Waals surface area contributed by atoms with Crippen molar-refractivity contribution < 1.29 is 19.1 Å². The van der Waals surface area contributed by atoms with Crippen LogP contribution in [0.3, 0.4) is 0 Å². The molecule has 3 rings (SSSR count). The molecule has 2 amide bonds. The normalized spacial score (nSPS) is 20.8. The number of esters is 1. The molecule has 0 spiro atoms. The Morgan fingerprint density at radius 3 is 2.58 bits per heavy atom. The molecule has 140 valence electrons. The number of piperidine rings is 2. The number of rotatable bonds is 4. The van der Waals surface area contributed by atoms with Crippen LogP contribution in [0.25, 0.3) is 0 Å². The Morgan fingerprint density at radius 1 is 1.12 bits per heavy atom. The first kappa shape index (κ1) is 18.4. The predicted molar refractivity (Wildman–Crippen MR) is 97.9 cm³/mol. The highest BCUT2D eigenvalue weighted by Gasteiger charge is 2.30. The van der Waals surface area contributed by atoms with Crippen molar-refractivity contribution in [3.05, 3.63) is 29.8 Å². The van der Waals surface area contributed by atoms with Crippen molar-refractivity contribution >= 4 is 23.5 Å². The number of nitrogens with zero attached hydrogens (tertiary/aromatic N) is 2. The Hall–Kier alpha value is -2.37. The molecule has 2 heterocycles. The maximum Gasteiger partial charge on any atom is 0.310 e. The molecule has 0 bridgehead atoms. The highest BCUT2D eigenvalue weighted by Crippen LogP contribution is 2.23. The van der Waals surface area contributed by atoms with Gasteiger partial charge >= 0.3 is 5.97 Å². The molecule has 1 aromatic carbocycles. The lowest BCUT2D eigenvalue weighted by atomic mass is 9.97. The average Bonchev–Trinajstić information content (AvgIpc) is 2.68. The lowest BCUT2D eigenvalue weighted by molar-refractivity contribution is -0.149. The van der Waals surface area contributed by atoms with Gasteiger partial charge in [0, 0.05) is 37.3 Å². The zero-order valence-corrected chi connectivity index (χ0v) is 15.3. The average molecular weight is 358 g/mol. The minimum absolute atomic E-state index is 0.0736. The van der Waals surface area contributed by atoms with Crippen LogP contribution in [-0.4, -0.2) is 48.9 Å². The molecule has 2 saturated heterocycles. The van der Waals surface area contributed by atoms with Crippen LogP contribution in [0.1, 0.15) is 49.4 Å². The molecule has 6 heteroatoms. The van der Waals surface area contributed by atoms with Crippen LogP contribution in [0.15, 0.2) is 24.3 Å². The number of hydrogen-bond donors (Lipinski definition) is 0. The highest BCUT2D eigenvalue weighted by atomic mass is 16.5. The van der Waals surface area contributed by atoms with Crippen LogP contribution in [-0.2, 0) is 14.3 Å². The summed E-state index contributed by atoms with van der Waals surface area (Å²) in [6.07, 6.45) is 4.11. The third kappa shape index (κ3) is 4.06. The Morgan fingerprint density at radius 2 is 1.88 bits per heavy atom. The van der Waals surface area contributed by atoms with Crippen LogP contribution in [0, 0.1) is 5.92 Å². The highest BCUT2D eigenvalue weighted by molar-refractivity contribution is 5.97. The fourth-order valence-electron chi connectivity index (χ4n) is 3.66. The monoisotopic (exact) mass is 358 g/mol. The van der Waals surface area contributed by atoms with E-state index in [2.05, 4.69) is 0 Å². The maximum atomic E-state index is 12.8. The molecule has 0 saturated carbocycles. The number of benzene rings is 1. The number of anilines is 1. The summed E-state index contributed by atoms with van der Waals surface area (Å²) in [5.41, 5.74) is 1.43. The summed E-state index contributed by atoms with van der Waals surface area (Å²) in [5.74, 6) is -0.388. The number of amides is 2. The van der Waals surface area contributed by atoms with Crippen molar-refractivity contribution in [3.8, 4) is 0 Å². The second-order valence-electron chi connectivity index (χ2n) is 6.89. The Labute approximate surface area is 154 Å². The van der Waals surface area contributed by atoms with Gasteiger partial charge in [-0.25, -0.2) is 0 Å². The second-order valence-corrected chi connectivity index (χ2v) is 6.89. The van der Waals surface area contributed by atoms with E-state index in [4.69, 9.17) is 4.74 Å². The standard InChI is InChI=1S/C20H26N2O4/c1-2-26-20(25)16-6-5-12-21(14-16)19(24)15-8-10-17(11-9-15)22-13-4-3-7-18(22)23/h8-11,16H,2-7,12-14H2,1H3. The molecule has 1 atom stereocenters. The molecule has 0 aromatic heterocycles. The molecule has 0 aliphatic carbocycles. The first-order valence-corrected chi connectivity index (χ1v) is 9.46. The molecule has 2 fully saturated rings. The Balaban J connectivity index is 1.66. The van der Waals surface area contributed by atoms with Crippen LogP contribution in [0.4, 0.5) is 5.69 Å². The fraction of sp³-hybridized carbons (Fsp3) is 0.550. The lowest BCUT2D eigenvalue weighted by Gasteiger charge is -2.32. The van der Waals surface area contributed by atoms with Gasteiger partial charge in [-0.15, -0.1) is 0 Å². The van der Waals surface area contributed by atoms with Gasteiger partial charge in [-0.1, -0.05) is 0 Å². The molecular formula is C20H26N2O4. The number of carbonyl (C=O) groups is 3. The Bertz CT molecular complexity index is 671. The van der Waals surface area contributed by atoms with Gasteiger partial charge in [0.1, 0.15) is 0 Å². The van der Waals surface area contributed by atoms with Gasteiger partial charge in [-0.2, -0.15) is 0 Å². The SMILES string of the molecule is CCOC(=O)C1CCCN(C(=O)c2ccc(N3CCCCC3=O)cc2)C1. The first-order chi connectivity index (χ1) is 12.6. The number of hydrogen-bond acceptors (Lipinski definition) is 4. The fourth-order valence-corrected chi connectivity index (χ4v) is 3.66. The maximum absolute atomic E-state index is 12.8. The molecule has 0 N–H and O–H groups in total. The van der Waals surface area contributed by atoms with Gasteiger partial charge < -0.3 is 14.5 Å². The van der Waals surface area contributed by atoms with Crippen LogP contribution < -0.4 is 4.90 Å².